The van der Waals surface area contributed by atoms with Gasteiger partial charge in [-0.1, -0.05) is 25.5 Å². The fraction of sp³-hybridized carbons (Fsp3) is 0.471. The number of nitrogens with one attached hydrogen (secondary N) is 1. The van der Waals surface area contributed by atoms with E-state index in [0.29, 0.717) is 30.1 Å². The van der Waals surface area contributed by atoms with Gasteiger partial charge in [0.25, 0.3) is 0 Å². The lowest BCUT2D eigenvalue weighted by molar-refractivity contribution is -0.123. The minimum Gasteiger partial charge on any atom is -0.490 e. The predicted molar refractivity (Wildman–Crippen MR) is 86.8 cm³/mol. The van der Waals surface area contributed by atoms with E-state index in [2.05, 4.69) is 5.32 Å². The Balaban J connectivity index is 2.16. The van der Waals surface area contributed by atoms with Crippen molar-refractivity contribution in [1.29, 1.82) is 0 Å². The van der Waals surface area contributed by atoms with Crippen LogP contribution >= 0.6 is 0 Å². The SMILES string of the molecule is CCCC(N)C(=O)NC(C)c1cc2cccc(OCC)c2o1. The summed E-state index contributed by atoms with van der Waals surface area (Å²) >= 11 is 0. The second kappa shape index (κ2) is 7.31. The summed E-state index contributed by atoms with van der Waals surface area (Å²) in [5.74, 6) is 1.26. The molecule has 2 aromatic rings. The van der Waals surface area contributed by atoms with Gasteiger partial charge in [-0.2, -0.15) is 0 Å². The molecule has 5 nitrogen and oxygen atoms in total. The maximum atomic E-state index is 12.0. The highest BCUT2D eigenvalue weighted by molar-refractivity contribution is 5.84. The Morgan fingerprint density at radius 2 is 2.18 bits per heavy atom. The Hall–Kier alpha value is -2.01. The summed E-state index contributed by atoms with van der Waals surface area (Å²) in [6, 6.07) is 6.97. The second-order valence-electron chi connectivity index (χ2n) is 5.38. The number of carbonyl (C=O) groups is 1. The van der Waals surface area contributed by atoms with Crippen molar-refractivity contribution in [3.05, 3.63) is 30.0 Å². The van der Waals surface area contributed by atoms with Gasteiger partial charge in [0.15, 0.2) is 11.3 Å². The molecule has 0 bridgehead atoms. The summed E-state index contributed by atoms with van der Waals surface area (Å²) in [5.41, 5.74) is 6.54. The molecule has 0 spiro atoms. The van der Waals surface area contributed by atoms with Gasteiger partial charge in [-0.05, 0) is 32.4 Å². The predicted octanol–water partition coefficient (Wildman–Crippen LogP) is 3.14. The number of hydrogen-bond acceptors (Lipinski definition) is 4. The zero-order valence-corrected chi connectivity index (χ0v) is 13.4. The Labute approximate surface area is 130 Å². The molecule has 120 valence electrons. The van der Waals surface area contributed by atoms with Crippen LogP contribution in [-0.4, -0.2) is 18.6 Å². The second-order valence-corrected chi connectivity index (χ2v) is 5.38. The third-order valence-corrected chi connectivity index (χ3v) is 3.55. The molecular weight excluding hydrogens is 280 g/mol. The molecule has 5 heteroatoms. The van der Waals surface area contributed by atoms with Crippen LogP contribution in [0.1, 0.15) is 45.4 Å². The molecule has 0 saturated heterocycles. The molecule has 0 aliphatic rings. The van der Waals surface area contributed by atoms with E-state index >= 15 is 0 Å². The van der Waals surface area contributed by atoms with Crippen LogP contribution in [0.2, 0.25) is 0 Å². The van der Waals surface area contributed by atoms with E-state index in [1.165, 1.54) is 0 Å². The van der Waals surface area contributed by atoms with Gasteiger partial charge in [-0.25, -0.2) is 0 Å². The molecule has 0 fully saturated rings. The van der Waals surface area contributed by atoms with Crippen molar-refractivity contribution in [2.45, 2.75) is 45.7 Å². The van der Waals surface area contributed by atoms with Crippen LogP contribution in [0.4, 0.5) is 0 Å². The molecule has 22 heavy (non-hydrogen) atoms. The summed E-state index contributed by atoms with van der Waals surface area (Å²) in [5, 5.41) is 3.85. The van der Waals surface area contributed by atoms with Crippen LogP contribution < -0.4 is 15.8 Å². The summed E-state index contributed by atoms with van der Waals surface area (Å²) < 4.78 is 11.4. The average Bonchev–Trinajstić information content (AvgIpc) is 2.93. The number of hydrogen-bond donors (Lipinski definition) is 2. The number of carbonyl (C=O) groups excluding carboxylic acids is 1. The van der Waals surface area contributed by atoms with Crippen molar-refractivity contribution in [2.75, 3.05) is 6.61 Å². The summed E-state index contributed by atoms with van der Waals surface area (Å²) in [6.07, 6.45) is 1.55. The molecule has 1 heterocycles. The highest BCUT2D eigenvalue weighted by Crippen LogP contribution is 2.31. The topological polar surface area (TPSA) is 77.5 Å². The van der Waals surface area contributed by atoms with Gasteiger partial charge in [0.2, 0.25) is 5.91 Å². The monoisotopic (exact) mass is 304 g/mol. The highest BCUT2D eigenvalue weighted by Gasteiger charge is 2.19. The lowest BCUT2D eigenvalue weighted by Gasteiger charge is -2.15. The molecule has 2 rings (SSSR count). The first-order valence-electron chi connectivity index (χ1n) is 7.78. The van der Waals surface area contributed by atoms with Gasteiger partial charge in [0.1, 0.15) is 5.76 Å². The number of rotatable bonds is 7. The number of amides is 1. The number of ether oxygens (including phenoxy) is 1. The van der Waals surface area contributed by atoms with Crippen molar-refractivity contribution < 1.29 is 13.9 Å². The molecule has 2 atom stereocenters. The van der Waals surface area contributed by atoms with E-state index in [9.17, 15) is 4.79 Å². The van der Waals surface area contributed by atoms with E-state index in [4.69, 9.17) is 14.9 Å². The van der Waals surface area contributed by atoms with E-state index in [0.717, 1.165) is 11.8 Å². The van der Waals surface area contributed by atoms with Gasteiger partial charge < -0.3 is 20.2 Å². The van der Waals surface area contributed by atoms with Crippen LogP contribution in [0.25, 0.3) is 11.0 Å². The van der Waals surface area contributed by atoms with Gasteiger partial charge in [0.05, 0.1) is 18.7 Å². The quantitative estimate of drug-likeness (QED) is 0.824. The van der Waals surface area contributed by atoms with E-state index in [1.54, 1.807) is 0 Å². The minimum absolute atomic E-state index is 0.153. The highest BCUT2D eigenvalue weighted by atomic mass is 16.5. The van der Waals surface area contributed by atoms with Gasteiger partial charge in [0, 0.05) is 5.39 Å². The standard InChI is InChI=1S/C17H24N2O3/c1-4-7-13(18)17(20)19-11(3)15-10-12-8-6-9-14(21-5-2)16(12)22-15/h6,8-11,13H,4-5,7,18H2,1-3H3,(H,19,20). The van der Waals surface area contributed by atoms with Crippen LogP contribution in [-0.2, 0) is 4.79 Å². The third kappa shape index (κ3) is 3.60. The van der Waals surface area contributed by atoms with Crippen LogP contribution in [0.15, 0.2) is 28.7 Å². The first-order valence-corrected chi connectivity index (χ1v) is 7.78. The lowest BCUT2D eigenvalue weighted by atomic mass is 10.1. The largest absolute Gasteiger partial charge is 0.490 e. The van der Waals surface area contributed by atoms with E-state index in [1.807, 2.05) is 45.0 Å². The van der Waals surface area contributed by atoms with Crippen molar-refractivity contribution in [3.63, 3.8) is 0 Å². The first kappa shape index (κ1) is 16.4. The number of nitrogens with two attached hydrogens (primary N) is 1. The maximum Gasteiger partial charge on any atom is 0.237 e. The fourth-order valence-corrected chi connectivity index (χ4v) is 2.37. The molecule has 3 N–H and O–H groups in total. The third-order valence-electron chi connectivity index (χ3n) is 3.55. The van der Waals surface area contributed by atoms with Crippen molar-refractivity contribution in [2.24, 2.45) is 5.73 Å². The molecule has 1 aromatic carbocycles. The lowest BCUT2D eigenvalue weighted by Crippen LogP contribution is -2.41. The summed E-state index contributed by atoms with van der Waals surface area (Å²) in [7, 11) is 0. The number of fused-ring (bicyclic) bond motifs is 1. The molecule has 0 aliphatic heterocycles. The molecule has 1 aromatic heterocycles. The fourth-order valence-electron chi connectivity index (χ4n) is 2.37. The van der Waals surface area contributed by atoms with Crippen molar-refractivity contribution in [1.82, 2.24) is 5.32 Å². The van der Waals surface area contributed by atoms with Crippen LogP contribution in [0.5, 0.6) is 5.75 Å². The van der Waals surface area contributed by atoms with Crippen molar-refractivity contribution >= 4 is 16.9 Å². The number of benzene rings is 1. The van der Waals surface area contributed by atoms with Gasteiger partial charge in [-0.3, -0.25) is 4.79 Å². The Kier molecular flexibility index (Phi) is 5.44. The average molecular weight is 304 g/mol. The summed E-state index contributed by atoms with van der Waals surface area (Å²) in [4.78, 5) is 12.0. The first-order chi connectivity index (χ1) is 10.6. The smallest absolute Gasteiger partial charge is 0.237 e. The zero-order valence-electron chi connectivity index (χ0n) is 13.4. The molecule has 0 radical (unpaired) electrons. The zero-order chi connectivity index (χ0) is 16.1. The minimum atomic E-state index is -0.476. The molecule has 2 unspecified atom stereocenters. The molecular formula is C17H24N2O3. The maximum absolute atomic E-state index is 12.0. The van der Waals surface area contributed by atoms with Gasteiger partial charge >= 0.3 is 0 Å². The number of para-hydroxylation sites is 1. The number of furan rings is 1. The Bertz CT molecular complexity index is 636. The normalized spacial score (nSPS) is 13.8. The molecule has 1 amide bonds. The molecule has 0 aliphatic carbocycles. The Morgan fingerprint density at radius 1 is 1.41 bits per heavy atom. The van der Waals surface area contributed by atoms with E-state index in [-0.39, 0.29) is 11.9 Å². The van der Waals surface area contributed by atoms with E-state index < -0.39 is 6.04 Å². The van der Waals surface area contributed by atoms with Gasteiger partial charge in [-0.15, -0.1) is 0 Å². The Morgan fingerprint density at radius 3 is 2.86 bits per heavy atom. The molecule has 0 saturated carbocycles. The van der Waals surface area contributed by atoms with Crippen LogP contribution in [0, 0.1) is 0 Å². The van der Waals surface area contributed by atoms with Crippen LogP contribution in [0.3, 0.4) is 0 Å². The van der Waals surface area contributed by atoms with Crippen molar-refractivity contribution in [3.8, 4) is 5.75 Å². The summed E-state index contributed by atoms with van der Waals surface area (Å²) in [6.45, 7) is 6.40.